The minimum atomic E-state index is -4.48. The third kappa shape index (κ3) is 2.11. The molecule has 0 spiro atoms. The lowest BCUT2D eigenvalue weighted by Gasteiger charge is -2.13. The molecule has 2 aromatic carbocycles. The summed E-state index contributed by atoms with van der Waals surface area (Å²) in [6.45, 7) is -0.987. The summed E-state index contributed by atoms with van der Waals surface area (Å²) in [5.74, 6) is 0. The van der Waals surface area contributed by atoms with Crippen LogP contribution in [0.1, 0.15) is 11.1 Å². The average molecular weight is 268 g/mol. The Balaban J connectivity index is 3.01. The van der Waals surface area contributed by atoms with E-state index in [0.29, 0.717) is 10.8 Å². The highest BCUT2D eigenvalue weighted by atomic mass is 32.2. The first-order valence-corrected chi connectivity index (χ1v) is 6.65. The van der Waals surface area contributed by atoms with E-state index in [1.807, 2.05) is 0 Å². The zero-order valence-corrected chi connectivity index (χ0v) is 10.2. The van der Waals surface area contributed by atoms with Gasteiger partial charge in [0.05, 0.1) is 13.2 Å². The molecule has 0 aliphatic carbocycles. The van der Waals surface area contributed by atoms with Gasteiger partial charge in [-0.15, -0.1) is 0 Å². The maximum absolute atomic E-state index is 11.5. The smallest absolute Gasteiger partial charge is 0.295 e. The van der Waals surface area contributed by atoms with E-state index in [0.717, 1.165) is 0 Å². The van der Waals surface area contributed by atoms with E-state index in [9.17, 15) is 23.2 Å². The highest BCUT2D eigenvalue weighted by Crippen LogP contribution is 2.30. The van der Waals surface area contributed by atoms with Crippen LogP contribution in [0, 0.1) is 0 Å². The number of hydrogen-bond acceptors (Lipinski definition) is 4. The number of hydrogen-bond donors (Lipinski definition) is 3. The van der Waals surface area contributed by atoms with Gasteiger partial charge in [-0.05, 0) is 17.0 Å². The molecule has 5 nitrogen and oxygen atoms in total. The SMILES string of the molecule is O=S(=O)(O)c1c(CO)c(CO)cc2ccccc12. The summed E-state index contributed by atoms with van der Waals surface area (Å²) in [6.07, 6.45) is 0. The van der Waals surface area contributed by atoms with Gasteiger partial charge in [-0.3, -0.25) is 4.55 Å². The molecule has 6 heteroatoms. The molecule has 0 unspecified atom stereocenters. The van der Waals surface area contributed by atoms with Crippen molar-refractivity contribution in [3.05, 3.63) is 41.5 Å². The van der Waals surface area contributed by atoms with Gasteiger partial charge in [-0.1, -0.05) is 24.3 Å². The van der Waals surface area contributed by atoms with Crippen molar-refractivity contribution < 1.29 is 23.2 Å². The molecule has 0 aliphatic heterocycles. The number of aliphatic hydroxyl groups excluding tert-OH is 2. The summed E-state index contributed by atoms with van der Waals surface area (Å²) in [4.78, 5) is -0.341. The van der Waals surface area contributed by atoms with Crippen LogP contribution in [0.2, 0.25) is 0 Å². The number of aliphatic hydroxyl groups is 2. The van der Waals surface area contributed by atoms with Gasteiger partial charge < -0.3 is 10.2 Å². The molecule has 96 valence electrons. The lowest BCUT2D eigenvalue weighted by Crippen LogP contribution is -2.08. The normalized spacial score (nSPS) is 11.9. The highest BCUT2D eigenvalue weighted by Gasteiger charge is 2.21. The van der Waals surface area contributed by atoms with E-state index in [1.54, 1.807) is 30.3 Å². The third-order valence-corrected chi connectivity index (χ3v) is 3.77. The van der Waals surface area contributed by atoms with Crippen molar-refractivity contribution in [1.29, 1.82) is 0 Å². The van der Waals surface area contributed by atoms with Crippen LogP contribution in [-0.4, -0.2) is 23.2 Å². The molecule has 0 saturated heterocycles. The summed E-state index contributed by atoms with van der Waals surface area (Å²) in [6, 6.07) is 8.16. The van der Waals surface area contributed by atoms with Crippen LogP contribution < -0.4 is 0 Å². The van der Waals surface area contributed by atoms with Gasteiger partial charge in [0.2, 0.25) is 0 Å². The molecule has 0 radical (unpaired) electrons. The standard InChI is InChI=1S/C12H12O5S/c13-6-9-5-8-3-1-2-4-10(8)12(11(9)7-14)18(15,16)17/h1-5,13-14H,6-7H2,(H,15,16,17). The predicted molar refractivity (Wildman–Crippen MR) is 65.6 cm³/mol. The van der Waals surface area contributed by atoms with Crippen molar-refractivity contribution in [3.63, 3.8) is 0 Å². The zero-order valence-electron chi connectivity index (χ0n) is 9.37. The van der Waals surface area contributed by atoms with Gasteiger partial charge in [0, 0.05) is 10.9 Å². The van der Waals surface area contributed by atoms with Crippen molar-refractivity contribution >= 4 is 20.9 Å². The van der Waals surface area contributed by atoms with Crippen LogP contribution in [0.5, 0.6) is 0 Å². The molecule has 0 saturated carbocycles. The molecule has 0 aromatic heterocycles. The van der Waals surface area contributed by atoms with Crippen LogP contribution in [0.4, 0.5) is 0 Å². The van der Waals surface area contributed by atoms with Crippen LogP contribution >= 0.6 is 0 Å². The molecule has 2 rings (SSSR count). The Morgan fingerprint density at radius 1 is 1.06 bits per heavy atom. The monoisotopic (exact) mass is 268 g/mol. The second kappa shape index (κ2) is 4.66. The Hall–Kier alpha value is -1.47. The minimum absolute atomic E-state index is 0.0266. The van der Waals surface area contributed by atoms with Gasteiger partial charge >= 0.3 is 0 Å². The molecule has 0 fully saturated rings. The van der Waals surface area contributed by atoms with E-state index in [-0.39, 0.29) is 16.0 Å². The van der Waals surface area contributed by atoms with Gasteiger partial charge in [0.25, 0.3) is 10.1 Å². The average Bonchev–Trinajstić information content (AvgIpc) is 2.34. The molecule has 0 atom stereocenters. The first-order valence-electron chi connectivity index (χ1n) is 5.21. The molecular weight excluding hydrogens is 256 g/mol. The summed E-state index contributed by atoms with van der Waals surface area (Å²) >= 11 is 0. The molecular formula is C12H12O5S. The van der Waals surface area contributed by atoms with E-state index < -0.39 is 23.3 Å². The molecule has 0 heterocycles. The molecule has 0 aliphatic rings. The van der Waals surface area contributed by atoms with E-state index >= 15 is 0 Å². The van der Waals surface area contributed by atoms with E-state index in [1.165, 1.54) is 0 Å². The van der Waals surface area contributed by atoms with E-state index in [4.69, 9.17) is 0 Å². The number of benzene rings is 2. The van der Waals surface area contributed by atoms with Gasteiger partial charge in [-0.25, -0.2) is 0 Å². The van der Waals surface area contributed by atoms with Crippen LogP contribution in [-0.2, 0) is 23.3 Å². The quantitative estimate of drug-likeness (QED) is 0.724. The van der Waals surface area contributed by atoms with Gasteiger partial charge in [0.1, 0.15) is 4.90 Å². The Morgan fingerprint density at radius 2 is 1.72 bits per heavy atom. The van der Waals surface area contributed by atoms with Gasteiger partial charge in [-0.2, -0.15) is 8.42 Å². The lowest BCUT2D eigenvalue weighted by molar-refractivity contribution is 0.257. The zero-order chi connectivity index (χ0) is 13.3. The summed E-state index contributed by atoms with van der Waals surface area (Å²) in [7, 11) is -4.48. The van der Waals surface area contributed by atoms with Crippen molar-refractivity contribution in [3.8, 4) is 0 Å². The Bertz CT molecular complexity index is 691. The summed E-state index contributed by atoms with van der Waals surface area (Å²) in [5.41, 5.74) is 0.308. The molecule has 18 heavy (non-hydrogen) atoms. The maximum atomic E-state index is 11.5. The Kier molecular flexibility index (Phi) is 3.36. The summed E-state index contributed by atoms with van der Waals surface area (Å²) in [5, 5.41) is 19.4. The third-order valence-electron chi connectivity index (χ3n) is 2.78. The van der Waals surface area contributed by atoms with E-state index in [2.05, 4.69) is 0 Å². The van der Waals surface area contributed by atoms with Crippen LogP contribution in [0.15, 0.2) is 35.2 Å². The predicted octanol–water partition coefficient (Wildman–Crippen LogP) is 1.07. The second-order valence-corrected chi connectivity index (χ2v) is 5.21. The van der Waals surface area contributed by atoms with Crippen molar-refractivity contribution in [2.75, 3.05) is 0 Å². The Morgan fingerprint density at radius 3 is 2.28 bits per heavy atom. The largest absolute Gasteiger partial charge is 0.392 e. The minimum Gasteiger partial charge on any atom is -0.392 e. The molecule has 0 amide bonds. The molecule has 3 N–H and O–H groups in total. The van der Waals surface area contributed by atoms with Crippen molar-refractivity contribution in [1.82, 2.24) is 0 Å². The molecule has 0 bridgehead atoms. The fraction of sp³-hybridized carbons (Fsp3) is 0.167. The fourth-order valence-corrected chi connectivity index (χ4v) is 2.99. The van der Waals surface area contributed by atoms with Crippen molar-refractivity contribution in [2.24, 2.45) is 0 Å². The lowest BCUT2D eigenvalue weighted by atomic mass is 10.0. The fourth-order valence-electron chi connectivity index (χ4n) is 2.02. The maximum Gasteiger partial charge on any atom is 0.295 e. The van der Waals surface area contributed by atoms with Crippen LogP contribution in [0.3, 0.4) is 0 Å². The molecule has 2 aromatic rings. The highest BCUT2D eigenvalue weighted by molar-refractivity contribution is 7.86. The number of rotatable bonds is 3. The summed E-state index contributed by atoms with van der Waals surface area (Å²) < 4.78 is 32.2. The Labute approximate surface area is 104 Å². The number of fused-ring (bicyclic) bond motifs is 1. The first-order chi connectivity index (χ1) is 8.49. The van der Waals surface area contributed by atoms with Crippen LogP contribution in [0.25, 0.3) is 10.8 Å². The first kappa shape index (κ1) is 13.0. The topological polar surface area (TPSA) is 94.8 Å². The van der Waals surface area contributed by atoms with Crippen molar-refractivity contribution in [2.45, 2.75) is 18.1 Å². The second-order valence-electron chi connectivity index (χ2n) is 3.86. The van der Waals surface area contributed by atoms with Gasteiger partial charge in [0.15, 0.2) is 0 Å².